The molecule has 1 aromatic rings. The Morgan fingerprint density at radius 1 is 1.47 bits per heavy atom. The largest absolute Gasteiger partial charge is 0.478 e. The van der Waals surface area contributed by atoms with Gasteiger partial charge < -0.3 is 9.84 Å². The lowest BCUT2D eigenvalue weighted by molar-refractivity contribution is 0.0696. The van der Waals surface area contributed by atoms with E-state index in [0.717, 1.165) is 0 Å². The van der Waals surface area contributed by atoms with Crippen molar-refractivity contribution >= 4 is 15.8 Å². The van der Waals surface area contributed by atoms with E-state index in [9.17, 15) is 13.2 Å². The van der Waals surface area contributed by atoms with Crippen molar-refractivity contribution < 1.29 is 23.1 Å². The normalized spacial score (nSPS) is 23.4. The van der Waals surface area contributed by atoms with Crippen molar-refractivity contribution in [3.8, 4) is 0 Å². The Labute approximate surface area is 112 Å². The average molecular weight is 284 g/mol. The molecular formula is C13H16O5S. The number of ether oxygens (including phenoxy) is 1. The maximum absolute atomic E-state index is 12.3. The van der Waals surface area contributed by atoms with Gasteiger partial charge in [-0.1, -0.05) is 12.1 Å². The first kappa shape index (κ1) is 14.0. The monoisotopic (exact) mass is 284 g/mol. The number of rotatable bonds is 4. The molecule has 0 saturated carbocycles. The van der Waals surface area contributed by atoms with Crippen LogP contribution in [-0.4, -0.2) is 37.5 Å². The van der Waals surface area contributed by atoms with Crippen LogP contribution in [0.15, 0.2) is 24.3 Å². The molecule has 1 saturated heterocycles. The lowest BCUT2D eigenvalue weighted by Gasteiger charge is -2.15. The van der Waals surface area contributed by atoms with Gasteiger partial charge in [-0.15, -0.1) is 0 Å². The highest BCUT2D eigenvalue weighted by atomic mass is 32.2. The lowest BCUT2D eigenvalue weighted by Crippen LogP contribution is -2.29. The quantitative estimate of drug-likeness (QED) is 0.905. The smallest absolute Gasteiger partial charge is 0.335 e. The summed E-state index contributed by atoms with van der Waals surface area (Å²) in [5.41, 5.74) is 0.599. The molecule has 5 nitrogen and oxygen atoms in total. The van der Waals surface area contributed by atoms with E-state index in [0.29, 0.717) is 18.6 Å². The van der Waals surface area contributed by atoms with Crippen LogP contribution in [0.2, 0.25) is 0 Å². The highest BCUT2D eigenvalue weighted by Crippen LogP contribution is 2.24. The van der Waals surface area contributed by atoms with Gasteiger partial charge in [-0.3, -0.25) is 0 Å². The van der Waals surface area contributed by atoms with Crippen LogP contribution in [0.25, 0.3) is 0 Å². The summed E-state index contributed by atoms with van der Waals surface area (Å²) in [6.07, 6.45) is 0.204. The minimum atomic E-state index is -3.32. The van der Waals surface area contributed by atoms with E-state index in [-0.39, 0.29) is 17.4 Å². The second-order valence-electron chi connectivity index (χ2n) is 4.72. The van der Waals surface area contributed by atoms with Gasteiger partial charge in [0.1, 0.15) is 0 Å². The second kappa shape index (κ2) is 5.30. The number of hydrogen-bond donors (Lipinski definition) is 1. The fourth-order valence-electron chi connectivity index (χ4n) is 2.32. The molecule has 2 rings (SSSR count). The van der Waals surface area contributed by atoms with E-state index in [1.165, 1.54) is 12.1 Å². The van der Waals surface area contributed by atoms with Gasteiger partial charge in [0.05, 0.1) is 22.7 Å². The number of carboxylic acid groups (broad SMARTS) is 1. The molecule has 1 heterocycles. The van der Waals surface area contributed by atoms with Gasteiger partial charge in [0.2, 0.25) is 0 Å². The Bertz CT molecular complexity index is 578. The summed E-state index contributed by atoms with van der Waals surface area (Å²) in [5, 5.41) is 8.39. The van der Waals surface area contributed by atoms with Gasteiger partial charge in [-0.25, -0.2) is 13.2 Å². The minimum Gasteiger partial charge on any atom is -0.478 e. The topological polar surface area (TPSA) is 80.7 Å². The van der Waals surface area contributed by atoms with E-state index in [1.807, 2.05) is 0 Å². The molecule has 1 N–H and O–H groups in total. The third kappa shape index (κ3) is 3.13. The standard InChI is InChI=1S/C13H16O5S/c1-9-12(5-6-18-9)19(16,17)8-10-3-2-4-11(7-10)13(14)15/h2-4,7,9,12H,5-6,8H2,1H3,(H,14,15). The van der Waals surface area contributed by atoms with Crippen LogP contribution in [0.3, 0.4) is 0 Å². The maximum Gasteiger partial charge on any atom is 0.335 e. The van der Waals surface area contributed by atoms with Crippen LogP contribution in [0.5, 0.6) is 0 Å². The van der Waals surface area contributed by atoms with Crippen molar-refractivity contribution in [2.45, 2.75) is 30.5 Å². The summed E-state index contributed by atoms with van der Waals surface area (Å²) >= 11 is 0. The predicted octanol–water partition coefficient (Wildman–Crippen LogP) is 1.48. The number of benzene rings is 1. The third-order valence-electron chi connectivity index (χ3n) is 3.31. The fourth-order valence-corrected chi connectivity index (χ4v) is 4.29. The highest BCUT2D eigenvalue weighted by molar-refractivity contribution is 7.91. The number of aromatic carboxylic acids is 1. The Hall–Kier alpha value is -1.40. The molecule has 104 valence electrons. The predicted molar refractivity (Wildman–Crippen MR) is 69.8 cm³/mol. The Balaban J connectivity index is 2.20. The van der Waals surface area contributed by atoms with Crippen molar-refractivity contribution in [1.82, 2.24) is 0 Å². The van der Waals surface area contributed by atoms with Gasteiger partial charge in [0.15, 0.2) is 9.84 Å². The lowest BCUT2D eigenvalue weighted by atomic mass is 10.1. The van der Waals surface area contributed by atoms with E-state index in [1.54, 1.807) is 19.1 Å². The van der Waals surface area contributed by atoms with Gasteiger partial charge >= 0.3 is 5.97 Å². The van der Waals surface area contributed by atoms with Crippen molar-refractivity contribution in [2.75, 3.05) is 6.61 Å². The number of carboxylic acids is 1. The van der Waals surface area contributed by atoms with Crippen LogP contribution < -0.4 is 0 Å². The van der Waals surface area contributed by atoms with Crippen LogP contribution in [0.1, 0.15) is 29.3 Å². The number of hydrogen-bond acceptors (Lipinski definition) is 4. The fraction of sp³-hybridized carbons (Fsp3) is 0.462. The summed E-state index contributed by atoms with van der Waals surface area (Å²) in [4.78, 5) is 10.9. The molecule has 1 aliphatic heterocycles. The van der Waals surface area contributed by atoms with Crippen molar-refractivity contribution in [2.24, 2.45) is 0 Å². The molecule has 0 aliphatic carbocycles. The summed E-state index contributed by atoms with van der Waals surface area (Å²) < 4.78 is 29.8. The van der Waals surface area contributed by atoms with Crippen LogP contribution in [0.4, 0.5) is 0 Å². The first-order valence-corrected chi connectivity index (χ1v) is 7.77. The molecule has 2 atom stereocenters. The summed E-state index contributed by atoms with van der Waals surface area (Å²) in [6.45, 7) is 2.21. The molecule has 0 aromatic heterocycles. The molecule has 19 heavy (non-hydrogen) atoms. The zero-order valence-corrected chi connectivity index (χ0v) is 11.4. The van der Waals surface area contributed by atoms with E-state index >= 15 is 0 Å². The van der Waals surface area contributed by atoms with E-state index in [4.69, 9.17) is 9.84 Å². The Morgan fingerprint density at radius 2 is 2.21 bits per heavy atom. The molecule has 0 amide bonds. The maximum atomic E-state index is 12.3. The molecule has 6 heteroatoms. The Kier molecular flexibility index (Phi) is 3.91. The first-order chi connectivity index (χ1) is 8.90. The molecule has 0 radical (unpaired) electrons. The van der Waals surface area contributed by atoms with Crippen molar-refractivity contribution in [1.29, 1.82) is 0 Å². The van der Waals surface area contributed by atoms with Gasteiger partial charge in [0.25, 0.3) is 0 Å². The molecule has 1 fully saturated rings. The number of sulfone groups is 1. The molecule has 1 aromatic carbocycles. The van der Waals surface area contributed by atoms with Crippen LogP contribution in [-0.2, 0) is 20.3 Å². The van der Waals surface area contributed by atoms with Crippen LogP contribution >= 0.6 is 0 Å². The van der Waals surface area contributed by atoms with Crippen LogP contribution in [0, 0.1) is 0 Å². The van der Waals surface area contributed by atoms with Crippen molar-refractivity contribution in [3.05, 3.63) is 35.4 Å². The number of carbonyl (C=O) groups is 1. The van der Waals surface area contributed by atoms with Gasteiger partial charge in [-0.05, 0) is 31.0 Å². The molecule has 0 spiro atoms. The molecular weight excluding hydrogens is 268 g/mol. The average Bonchev–Trinajstić information content (AvgIpc) is 2.76. The third-order valence-corrected chi connectivity index (χ3v) is 5.59. The first-order valence-electron chi connectivity index (χ1n) is 6.05. The van der Waals surface area contributed by atoms with Gasteiger partial charge in [-0.2, -0.15) is 0 Å². The van der Waals surface area contributed by atoms with E-state index < -0.39 is 21.1 Å². The SMILES string of the molecule is CC1OCCC1S(=O)(=O)Cc1cccc(C(=O)O)c1. The summed E-state index contributed by atoms with van der Waals surface area (Å²) in [7, 11) is -3.32. The van der Waals surface area contributed by atoms with Gasteiger partial charge in [0, 0.05) is 6.61 Å². The summed E-state index contributed by atoms with van der Waals surface area (Å²) in [5.74, 6) is -1.20. The molecule has 2 unspecified atom stereocenters. The minimum absolute atomic E-state index is 0.100. The molecule has 1 aliphatic rings. The Morgan fingerprint density at radius 3 is 2.79 bits per heavy atom. The zero-order valence-electron chi connectivity index (χ0n) is 10.6. The highest BCUT2D eigenvalue weighted by Gasteiger charge is 2.35. The summed E-state index contributed by atoms with van der Waals surface area (Å²) in [6, 6.07) is 6.04. The molecule has 0 bridgehead atoms. The van der Waals surface area contributed by atoms with Crippen molar-refractivity contribution in [3.63, 3.8) is 0 Å². The van der Waals surface area contributed by atoms with E-state index in [2.05, 4.69) is 0 Å². The zero-order chi connectivity index (χ0) is 14.0. The second-order valence-corrected chi connectivity index (χ2v) is 6.94.